The van der Waals surface area contributed by atoms with Gasteiger partial charge in [-0.25, -0.2) is 4.68 Å². The molecule has 3 N–H and O–H groups in total. The zero-order valence-electron chi connectivity index (χ0n) is 17.5. The van der Waals surface area contributed by atoms with Crippen LogP contribution in [-0.2, 0) is 16.0 Å². The van der Waals surface area contributed by atoms with Gasteiger partial charge in [0.05, 0.1) is 17.6 Å². The number of halogens is 3. The molecular formula is C23H20F3N5O2. The highest BCUT2D eigenvalue weighted by atomic mass is 19.4. The number of rotatable bonds is 5. The number of alkyl halides is 3. The molecule has 2 heterocycles. The van der Waals surface area contributed by atoms with Crippen LogP contribution in [0.3, 0.4) is 0 Å². The minimum Gasteiger partial charge on any atom is -0.359 e. The molecular weight excluding hydrogens is 435 g/mol. The molecule has 4 rings (SSSR count). The molecule has 0 aliphatic heterocycles. The normalized spacial score (nSPS) is 11.5. The van der Waals surface area contributed by atoms with Gasteiger partial charge >= 0.3 is 18.0 Å². The molecule has 7 nitrogen and oxygen atoms in total. The van der Waals surface area contributed by atoms with E-state index in [-0.39, 0.29) is 5.69 Å². The summed E-state index contributed by atoms with van der Waals surface area (Å²) < 4.78 is 38.5. The van der Waals surface area contributed by atoms with E-state index in [4.69, 9.17) is 0 Å². The molecule has 0 aliphatic rings. The summed E-state index contributed by atoms with van der Waals surface area (Å²) in [6, 6.07) is 13.5. The molecule has 2 amide bonds. The van der Waals surface area contributed by atoms with Gasteiger partial charge in [0.25, 0.3) is 0 Å². The maximum atomic E-state index is 12.3. The summed E-state index contributed by atoms with van der Waals surface area (Å²) >= 11 is 0. The molecule has 0 saturated heterocycles. The molecule has 0 atom stereocenters. The first-order valence-electron chi connectivity index (χ1n) is 10.1. The maximum absolute atomic E-state index is 12.3. The van der Waals surface area contributed by atoms with Crippen molar-refractivity contribution in [2.45, 2.75) is 19.5 Å². The van der Waals surface area contributed by atoms with E-state index in [2.05, 4.69) is 22.3 Å². The summed E-state index contributed by atoms with van der Waals surface area (Å²) in [5, 5.41) is 8.92. The monoisotopic (exact) mass is 455 g/mol. The molecule has 2 aromatic carbocycles. The average Bonchev–Trinajstić information content (AvgIpc) is 3.44. The number of hydrogen-bond acceptors (Lipinski definition) is 3. The number of fused-ring (bicyclic) bond motifs is 1. The summed E-state index contributed by atoms with van der Waals surface area (Å²) in [6.45, 7) is 0.506. The number of nitrogens with one attached hydrogen (secondary N) is 3. The molecule has 10 heteroatoms. The number of carbonyl (C=O) groups excluding carboxylic acids is 2. The van der Waals surface area contributed by atoms with Gasteiger partial charge in [-0.1, -0.05) is 25.1 Å². The third-order valence-electron chi connectivity index (χ3n) is 5.11. The molecule has 170 valence electrons. The van der Waals surface area contributed by atoms with Gasteiger partial charge in [-0.2, -0.15) is 18.3 Å². The molecule has 0 saturated carbocycles. The minimum atomic E-state index is -4.60. The van der Waals surface area contributed by atoms with Crippen LogP contribution in [0.1, 0.15) is 12.5 Å². The van der Waals surface area contributed by atoms with Crippen LogP contribution >= 0.6 is 0 Å². The Bertz CT molecular complexity index is 1310. The van der Waals surface area contributed by atoms with Crippen molar-refractivity contribution in [2.24, 2.45) is 0 Å². The first-order chi connectivity index (χ1) is 15.7. The number of hydrogen-bond donors (Lipinski definition) is 3. The lowest BCUT2D eigenvalue weighted by Gasteiger charge is -2.08. The highest BCUT2D eigenvalue weighted by molar-refractivity contribution is 6.40. The number of aryl methyl sites for hydroxylation is 1. The van der Waals surface area contributed by atoms with Crippen molar-refractivity contribution in [3.05, 3.63) is 66.6 Å². The number of carbonyl (C=O) groups is 2. The van der Waals surface area contributed by atoms with Gasteiger partial charge < -0.3 is 15.6 Å². The standard InChI is InChI=1S/C23H20F3N5O2/c1-2-14-3-6-17(7-4-14)31-12-16(10-29-31)15-5-8-19-18(9-15)20(11-27-19)30-22(33)21(32)28-13-23(24,25)26/h3-12,27H,2,13H2,1H3,(H,28,32)(H,30,33). The predicted molar refractivity (Wildman–Crippen MR) is 118 cm³/mol. The smallest absolute Gasteiger partial charge is 0.359 e. The van der Waals surface area contributed by atoms with Crippen LogP contribution in [0.5, 0.6) is 0 Å². The second-order valence-corrected chi connectivity index (χ2v) is 7.41. The van der Waals surface area contributed by atoms with E-state index >= 15 is 0 Å². The lowest BCUT2D eigenvalue weighted by Crippen LogP contribution is -2.40. The summed E-state index contributed by atoms with van der Waals surface area (Å²) in [7, 11) is 0. The molecule has 0 aliphatic carbocycles. The molecule has 0 unspecified atom stereocenters. The van der Waals surface area contributed by atoms with Gasteiger partial charge in [0, 0.05) is 28.9 Å². The third-order valence-corrected chi connectivity index (χ3v) is 5.11. The molecule has 2 aromatic heterocycles. The largest absolute Gasteiger partial charge is 0.405 e. The van der Waals surface area contributed by atoms with E-state index in [0.29, 0.717) is 10.9 Å². The quantitative estimate of drug-likeness (QED) is 0.394. The van der Waals surface area contributed by atoms with Crippen molar-refractivity contribution in [3.8, 4) is 16.8 Å². The van der Waals surface area contributed by atoms with E-state index in [9.17, 15) is 22.8 Å². The number of benzene rings is 2. The molecule has 0 spiro atoms. The maximum Gasteiger partial charge on any atom is 0.405 e. The Morgan fingerprint density at radius 2 is 1.82 bits per heavy atom. The SMILES string of the molecule is CCc1ccc(-n2cc(-c3ccc4[nH]cc(NC(=O)C(=O)NCC(F)(F)F)c4c3)cn2)cc1. The Balaban J connectivity index is 1.54. The zero-order chi connectivity index (χ0) is 23.6. The van der Waals surface area contributed by atoms with E-state index in [0.717, 1.165) is 23.2 Å². The van der Waals surface area contributed by atoms with Crippen molar-refractivity contribution >= 4 is 28.4 Å². The van der Waals surface area contributed by atoms with Crippen LogP contribution in [0.25, 0.3) is 27.7 Å². The topological polar surface area (TPSA) is 91.8 Å². The molecule has 0 bridgehead atoms. The fourth-order valence-electron chi connectivity index (χ4n) is 3.34. The Labute approximate surface area is 186 Å². The second-order valence-electron chi connectivity index (χ2n) is 7.41. The molecule has 33 heavy (non-hydrogen) atoms. The van der Waals surface area contributed by atoms with Gasteiger partial charge in [-0.05, 0) is 41.8 Å². The average molecular weight is 455 g/mol. The van der Waals surface area contributed by atoms with Crippen LogP contribution in [0.15, 0.2) is 61.1 Å². The van der Waals surface area contributed by atoms with E-state index < -0.39 is 24.5 Å². The van der Waals surface area contributed by atoms with Crippen LogP contribution < -0.4 is 10.6 Å². The number of nitrogens with zero attached hydrogens (tertiary/aromatic N) is 2. The van der Waals surface area contributed by atoms with Crippen molar-refractivity contribution in [3.63, 3.8) is 0 Å². The van der Waals surface area contributed by atoms with E-state index in [1.54, 1.807) is 28.3 Å². The van der Waals surface area contributed by atoms with E-state index in [1.165, 1.54) is 11.8 Å². The predicted octanol–water partition coefficient (Wildman–Crippen LogP) is 4.20. The van der Waals surface area contributed by atoms with E-state index in [1.807, 2.05) is 36.5 Å². The van der Waals surface area contributed by atoms with Gasteiger partial charge in [0.2, 0.25) is 0 Å². The lowest BCUT2D eigenvalue weighted by atomic mass is 10.1. The van der Waals surface area contributed by atoms with Crippen molar-refractivity contribution in [1.82, 2.24) is 20.1 Å². The number of H-pyrrole nitrogens is 1. The third kappa shape index (κ3) is 5.05. The summed E-state index contributed by atoms with van der Waals surface area (Å²) in [5.41, 5.74) is 4.76. The van der Waals surface area contributed by atoms with Crippen LogP contribution in [0.2, 0.25) is 0 Å². The van der Waals surface area contributed by atoms with Crippen molar-refractivity contribution < 1.29 is 22.8 Å². The minimum absolute atomic E-state index is 0.279. The fraction of sp³-hybridized carbons (Fsp3) is 0.174. The van der Waals surface area contributed by atoms with Gasteiger partial charge in [-0.15, -0.1) is 0 Å². The molecule has 0 fully saturated rings. The van der Waals surface area contributed by atoms with Crippen LogP contribution in [0.4, 0.5) is 18.9 Å². The first-order valence-corrected chi connectivity index (χ1v) is 10.1. The number of aromatic amines is 1. The zero-order valence-corrected chi connectivity index (χ0v) is 17.5. The molecule has 4 aromatic rings. The number of aromatic nitrogens is 3. The Morgan fingerprint density at radius 3 is 2.52 bits per heavy atom. The highest BCUT2D eigenvalue weighted by Gasteiger charge is 2.29. The van der Waals surface area contributed by atoms with Gasteiger partial charge in [0.1, 0.15) is 6.54 Å². The Hall–Kier alpha value is -4.08. The van der Waals surface area contributed by atoms with Crippen molar-refractivity contribution in [1.29, 1.82) is 0 Å². The van der Waals surface area contributed by atoms with Crippen LogP contribution in [-0.4, -0.2) is 39.3 Å². The summed E-state index contributed by atoms with van der Waals surface area (Å²) in [5.74, 6) is -2.55. The summed E-state index contributed by atoms with van der Waals surface area (Å²) in [4.78, 5) is 26.6. The second kappa shape index (κ2) is 8.81. The Kier molecular flexibility index (Phi) is 5.91. The highest BCUT2D eigenvalue weighted by Crippen LogP contribution is 2.29. The van der Waals surface area contributed by atoms with Crippen molar-refractivity contribution in [2.75, 3.05) is 11.9 Å². The van der Waals surface area contributed by atoms with Crippen LogP contribution in [0, 0.1) is 0 Å². The van der Waals surface area contributed by atoms with Gasteiger partial charge in [0.15, 0.2) is 0 Å². The Morgan fingerprint density at radius 1 is 1.06 bits per heavy atom. The number of amides is 2. The van der Waals surface area contributed by atoms with Gasteiger partial charge in [-0.3, -0.25) is 9.59 Å². The first kappa shape index (κ1) is 22.1. The summed E-state index contributed by atoms with van der Waals surface area (Å²) in [6.07, 6.45) is 1.41. The fourth-order valence-corrected chi connectivity index (χ4v) is 3.34. The molecule has 0 radical (unpaired) electrons. The number of anilines is 1. The lowest BCUT2D eigenvalue weighted by molar-refractivity contribution is -0.144.